The molecule has 1 N–H and O–H groups in total. The molecule has 9 nitrogen and oxygen atoms in total. The third-order valence-electron chi connectivity index (χ3n) is 5.86. The second-order valence-electron chi connectivity index (χ2n) is 8.72. The smallest absolute Gasteiger partial charge is 0.328 e. The number of benzene rings is 1. The van der Waals surface area contributed by atoms with Crippen molar-refractivity contribution in [2.24, 2.45) is 5.10 Å². The summed E-state index contributed by atoms with van der Waals surface area (Å²) in [5, 5.41) is 3.73. The van der Waals surface area contributed by atoms with Crippen LogP contribution in [0.5, 0.6) is 0 Å². The van der Waals surface area contributed by atoms with E-state index in [0.29, 0.717) is 17.8 Å². The number of likely N-dealkylation sites (N-methyl/N-ethyl adjacent to an activating group) is 1. The largest absolute Gasteiger partial charge is 0.465 e. The van der Waals surface area contributed by atoms with E-state index in [1.165, 1.54) is 42.6 Å². The van der Waals surface area contributed by atoms with Crippen LogP contribution in [-0.4, -0.2) is 66.9 Å². The SMILES string of the molecule is CCCCCCCCCCOC(=O)C(CN(C)C1C(=O)N(c2ccccc2)N=C1C)S(=O)(=O)O. The number of ether oxygens (including phenoxy) is 1. The summed E-state index contributed by atoms with van der Waals surface area (Å²) in [6.07, 6.45) is 8.54. The predicted molar refractivity (Wildman–Crippen MR) is 132 cm³/mol. The van der Waals surface area contributed by atoms with Crippen molar-refractivity contribution in [1.29, 1.82) is 0 Å². The molecule has 0 bridgehead atoms. The molecule has 0 aliphatic carbocycles. The maximum absolute atomic E-state index is 13.0. The molecule has 1 amide bonds. The molecule has 0 radical (unpaired) electrons. The highest BCUT2D eigenvalue weighted by molar-refractivity contribution is 7.87. The molecule has 2 atom stereocenters. The summed E-state index contributed by atoms with van der Waals surface area (Å²) in [7, 11) is -3.22. The Morgan fingerprint density at radius 1 is 1.12 bits per heavy atom. The van der Waals surface area contributed by atoms with Crippen molar-refractivity contribution in [3.63, 3.8) is 0 Å². The Morgan fingerprint density at radius 3 is 2.29 bits per heavy atom. The lowest BCUT2D eigenvalue weighted by molar-refractivity contribution is -0.144. The first kappa shape index (κ1) is 27.9. The molecule has 1 aromatic rings. The van der Waals surface area contributed by atoms with Crippen molar-refractivity contribution >= 4 is 33.4 Å². The average Bonchev–Trinajstić information content (AvgIpc) is 3.09. The molecule has 1 aliphatic rings. The van der Waals surface area contributed by atoms with Crippen LogP contribution in [0.1, 0.15) is 65.2 Å². The molecule has 0 fully saturated rings. The minimum Gasteiger partial charge on any atom is -0.465 e. The lowest BCUT2D eigenvalue weighted by Gasteiger charge is -2.26. The van der Waals surface area contributed by atoms with E-state index >= 15 is 0 Å². The Bertz CT molecular complexity index is 935. The first-order valence-corrected chi connectivity index (χ1v) is 13.4. The van der Waals surface area contributed by atoms with Crippen LogP contribution >= 0.6 is 0 Å². The molecule has 0 spiro atoms. The van der Waals surface area contributed by atoms with Crippen LogP contribution in [0.25, 0.3) is 0 Å². The Kier molecular flexibility index (Phi) is 11.1. The Hall–Kier alpha value is -2.30. The number of unbranched alkanes of at least 4 members (excludes halogenated alkanes) is 7. The summed E-state index contributed by atoms with van der Waals surface area (Å²) in [6.45, 7) is 3.52. The predicted octanol–water partition coefficient (Wildman–Crippen LogP) is 3.65. The molecule has 10 heteroatoms. The van der Waals surface area contributed by atoms with Crippen LogP contribution < -0.4 is 5.01 Å². The molecule has 2 unspecified atom stereocenters. The van der Waals surface area contributed by atoms with Crippen molar-refractivity contribution in [3.8, 4) is 0 Å². The number of para-hydroxylation sites is 1. The zero-order valence-electron chi connectivity index (χ0n) is 20.4. The van der Waals surface area contributed by atoms with E-state index < -0.39 is 33.9 Å². The van der Waals surface area contributed by atoms with Gasteiger partial charge in [0.2, 0.25) is 0 Å². The maximum Gasteiger partial charge on any atom is 0.328 e. The highest BCUT2D eigenvalue weighted by Crippen LogP contribution is 2.23. The fourth-order valence-electron chi connectivity index (χ4n) is 3.98. The Morgan fingerprint density at radius 2 is 1.71 bits per heavy atom. The van der Waals surface area contributed by atoms with E-state index in [-0.39, 0.29) is 12.5 Å². The first-order chi connectivity index (χ1) is 16.2. The quantitative estimate of drug-likeness (QED) is 0.224. The van der Waals surface area contributed by atoms with Gasteiger partial charge in [0.1, 0.15) is 6.04 Å². The molecule has 1 aliphatic heterocycles. The minimum absolute atomic E-state index is 0.0914. The van der Waals surface area contributed by atoms with Gasteiger partial charge in [0, 0.05) is 6.54 Å². The molecular formula is C24H37N3O6S. The van der Waals surface area contributed by atoms with Crippen LogP contribution in [0.4, 0.5) is 5.69 Å². The van der Waals surface area contributed by atoms with Crippen molar-refractivity contribution in [2.45, 2.75) is 76.5 Å². The van der Waals surface area contributed by atoms with Gasteiger partial charge in [0.15, 0.2) is 5.25 Å². The van der Waals surface area contributed by atoms with E-state index in [1.54, 1.807) is 31.2 Å². The highest BCUT2D eigenvalue weighted by Gasteiger charge is 2.41. The zero-order chi connectivity index (χ0) is 25.1. The van der Waals surface area contributed by atoms with Crippen LogP contribution in [0.15, 0.2) is 35.4 Å². The number of rotatable bonds is 15. The standard InChI is InChI=1S/C24H37N3O6S/c1-4-5-6-7-8-9-10-14-17-33-24(29)21(34(30,31)32)18-26(3)22-19(2)25-27(23(22)28)20-15-12-11-13-16-20/h11-13,15-16,21-22H,4-10,14,17-18H2,1-3H3,(H,30,31,32). The number of nitrogens with zero attached hydrogens (tertiary/aromatic N) is 3. The third-order valence-corrected chi connectivity index (χ3v) is 6.92. The third kappa shape index (κ3) is 8.18. The van der Waals surface area contributed by atoms with Gasteiger partial charge in [-0.05, 0) is 32.5 Å². The van der Waals surface area contributed by atoms with Gasteiger partial charge in [0.05, 0.1) is 18.0 Å². The maximum atomic E-state index is 13.0. The van der Waals surface area contributed by atoms with E-state index in [0.717, 1.165) is 19.3 Å². The van der Waals surface area contributed by atoms with Crippen molar-refractivity contribution in [3.05, 3.63) is 30.3 Å². The number of hydrogen-bond acceptors (Lipinski definition) is 7. The summed E-state index contributed by atoms with van der Waals surface area (Å²) < 4.78 is 38.7. The number of carbonyl (C=O) groups is 2. The van der Waals surface area contributed by atoms with Crippen molar-refractivity contribution in [2.75, 3.05) is 25.2 Å². The normalized spacial score (nSPS) is 17.2. The first-order valence-electron chi connectivity index (χ1n) is 11.9. The van der Waals surface area contributed by atoms with Gasteiger partial charge in [-0.2, -0.15) is 18.5 Å². The van der Waals surface area contributed by atoms with Gasteiger partial charge >= 0.3 is 5.97 Å². The van der Waals surface area contributed by atoms with Gasteiger partial charge in [-0.3, -0.25) is 19.0 Å². The summed E-state index contributed by atoms with van der Waals surface area (Å²) in [5.74, 6) is -1.38. The van der Waals surface area contributed by atoms with E-state index in [1.807, 2.05) is 6.07 Å². The Balaban J connectivity index is 1.89. The van der Waals surface area contributed by atoms with Gasteiger partial charge in [-0.1, -0.05) is 70.1 Å². The van der Waals surface area contributed by atoms with Gasteiger partial charge in [0.25, 0.3) is 16.0 Å². The van der Waals surface area contributed by atoms with Crippen molar-refractivity contribution in [1.82, 2.24) is 4.90 Å². The second-order valence-corrected chi connectivity index (χ2v) is 10.3. The lowest BCUT2D eigenvalue weighted by Crippen LogP contribution is -2.50. The van der Waals surface area contributed by atoms with Crippen molar-refractivity contribution < 1.29 is 27.3 Å². The van der Waals surface area contributed by atoms with Gasteiger partial charge in [-0.25, -0.2) is 0 Å². The number of amides is 1. The van der Waals surface area contributed by atoms with Crippen LogP contribution in [0.2, 0.25) is 0 Å². The molecular weight excluding hydrogens is 458 g/mol. The molecule has 0 saturated heterocycles. The fourth-order valence-corrected chi connectivity index (χ4v) is 4.71. The van der Waals surface area contributed by atoms with Crippen LogP contribution in [0.3, 0.4) is 0 Å². The number of anilines is 1. The summed E-state index contributed by atoms with van der Waals surface area (Å²) in [6, 6.07) is 7.99. The molecule has 1 heterocycles. The number of esters is 1. The van der Waals surface area contributed by atoms with E-state index in [2.05, 4.69) is 12.0 Å². The van der Waals surface area contributed by atoms with E-state index in [9.17, 15) is 22.6 Å². The minimum atomic E-state index is -4.73. The molecule has 0 saturated carbocycles. The lowest BCUT2D eigenvalue weighted by atomic mass is 10.1. The van der Waals surface area contributed by atoms with E-state index in [4.69, 9.17) is 4.74 Å². The number of hydrazone groups is 1. The monoisotopic (exact) mass is 495 g/mol. The second kappa shape index (κ2) is 13.6. The van der Waals surface area contributed by atoms with Gasteiger partial charge < -0.3 is 4.74 Å². The fraction of sp³-hybridized carbons (Fsp3) is 0.625. The molecule has 0 aromatic heterocycles. The number of carbonyl (C=O) groups excluding carboxylic acids is 2. The molecule has 190 valence electrons. The summed E-state index contributed by atoms with van der Waals surface area (Å²) >= 11 is 0. The summed E-state index contributed by atoms with van der Waals surface area (Å²) in [4.78, 5) is 26.8. The average molecular weight is 496 g/mol. The molecule has 34 heavy (non-hydrogen) atoms. The Labute approximate surface area is 202 Å². The molecule has 1 aromatic carbocycles. The highest BCUT2D eigenvalue weighted by atomic mass is 32.2. The zero-order valence-corrected chi connectivity index (χ0v) is 21.2. The topological polar surface area (TPSA) is 117 Å². The number of hydrogen-bond donors (Lipinski definition) is 1. The van der Waals surface area contributed by atoms with Crippen LogP contribution in [-0.2, 0) is 24.4 Å². The molecule has 2 rings (SSSR count). The van der Waals surface area contributed by atoms with Crippen LogP contribution in [0, 0.1) is 0 Å². The van der Waals surface area contributed by atoms with Gasteiger partial charge in [-0.15, -0.1) is 0 Å². The summed E-state index contributed by atoms with van der Waals surface area (Å²) in [5.41, 5.74) is 1.04.